The Morgan fingerprint density at radius 3 is 1.36 bits per heavy atom. The van der Waals surface area contributed by atoms with Crippen molar-refractivity contribution in [3.63, 3.8) is 0 Å². The van der Waals surface area contributed by atoms with Gasteiger partial charge in [0.2, 0.25) is 0 Å². The number of para-hydroxylation sites is 2. The lowest BCUT2D eigenvalue weighted by Crippen LogP contribution is -2.61. The van der Waals surface area contributed by atoms with E-state index in [1.807, 2.05) is 0 Å². The Morgan fingerprint density at radius 2 is 0.800 bits per heavy atom. The van der Waals surface area contributed by atoms with E-state index in [-0.39, 0.29) is 6.71 Å². The van der Waals surface area contributed by atoms with Gasteiger partial charge in [-0.2, -0.15) is 0 Å². The van der Waals surface area contributed by atoms with Gasteiger partial charge in [0, 0.05) is 44.9 Å². The van der Waals surface area contributed by atoms with Crippen molar-refractivity contribution in [1.29, 1.82) is 0 Å². The molecule has 0 unspecified atom stereocenters. The highest BCUT2D eigenvalue weighted by molar-refractivity contribution is 7.00. The van der Waals surface area contributed by atoms with Gasteiger partial charge in [-0.3, -0.25) is 0 Å². The third kappa shape index (κ3) is 4.44. The first-order valence-corrected chi connectivity index (χ1v) is 19.1. The van der Waals surface area contributed by atoms with Crippen LogP contribution in [0.2, 0.25) is 0 Å². The molecule has 10 aromatic carbocycles. The summed E-state index contributed by atoms with van der Waals surface area (Å²) in [5.41, 5.74) is 13.6. The van der Waals surface area contributed by atoms with Crippen molar-refractivity contribution in [2.24, 2.45) is 0 Å². The molecule has 10 aromatic rings. The zero-order valence-electron chi connectivity index (χ0n) is 30.0. The summed E-state index contributed by atoms with van der Waals surface area (Å²) >= 11 is 0. The van der Waals surface area contributed by atoms with E-state index in [0.29, 0.717) is 0 Å². The molecule has 254 valence electrons. The van der Waals surface area contributed by atoms with E-state index in [1.165, 1.54) is 93.4 Å². The minimum Gasteiger partial charge on any atom is -0.311 e. The van der Waals surface area contributed by atoms with Crippen LogP contribution >= 0.6 is 0 Å². The van der Waals surface area contributed by atoms with Gasteiger partial charge in [0.25, 0.3) is 6.71 Å². The SMILES string of the molecule is c1ccc(N2c3cc(-c4cccc5cc6ccccc6cc45)cc4c3B(c3ccc5ccccc5c32)c2ccc3ccccc3c2N4c2ccccc2)cc1. The van der Waals surface area contributed by atoms with Gasteiger partial charge in [-0.15, -0.1) is 0 Å². The van der Waals surface area contributed by atoms with Crippen LogP contribution in [0.5, 0.6) is 0 Å². The fraction of sp³-hybridized carbons (Fsp3) is 0. The molecule has 0 fully saturated rings. The van der Waals surface area contributed by atoms with Crippen LogP contribution in [0, 0.1) is 0 Å². The molecule has 0 amide bonds. The lowest BCUT2D eigenvalue weighted by molar-refractivity contribution is 1.27. The number of nitrogens with zero attached hydrogens (tertiary/aromatic N) is 2. The fourth-order valence-corrected chi connectivity index (χ4v) is 9.58. The molecule has 3 heteroatoms. The lowest BCUT2D eigenvalue weighted by Gasteiger charge is -2.45. The van der Waals surface area contributed by atoms with Crippen LogP contribution in [0.1, 0.15) is 0 Å². The molecular weight excluding hydrogens is 663 g/mol. The highest BCUT2D eigenvalue weighted by atomic mass is 15.2. The Hall–Kier alpha value is -7.10. The summed E-state index contributed by atoms with van der Waals surface area (Å²) in [6.07, 6.45) is 0. The molecule has 0 spiro atoms. The van der Waals surface area contributed by atoms with Crippen molar-refractivity contribution in [3.05, 3.63) is 200 Å². The largest absolute Gasteiger partial charge is 0.311 e. The van der Waals surface area contributed by atoms with Gasteiger partial charge in [-0.25, -0.2) is 0 Å². The maximum atomic E-state index is 2.55. The Bertz CT molecular complexity index is 3020. The fourth-order valence-electron chi connectivity index (χ4n) is 9.58. The van der Waals surface area contributed by atoms with Crippen LogP contribution in [0.4, 0.5) is 34.1 Å². The summed E-state index contributed by atoms with van der Waals surface area (Å²) in [4.78, 5) is 5.10. The van der Waals surface area contributed by atoms with Gasteiger partial charge < -0.3 is 9.80 Å². The predicted octanol–water partition coefficient (Wildman–Crippen LogP) is 12.0. The first-order chi connectivity index (χ1) is 27.3. The molecule has 0 aromatic heterocycles. The minimum atomic E-state index is 0.0228. The monoisotopic (exact) mass is 696 g/mol. The van der Waals surface area contributed by atoms with Gasteiger partial charge in [-0.1, -0.05) is 152 Å². The van der Waals surface area contributed by atoms with Crippen molar-refractivity contribution in [2.45, 2.75) is 0 Å². The zero-order chi connectivity index (χ0) is 36.0. The van der Waals surface area contributed by atoms with Crippen molar-refractivity contribution in [3.8, 4) is 11.1 Å². The Balaban J connectivity index is 1.26. The van der Waals surface area contributed by atoms with E-state index >= 15 is 0 Å². The van der Waals surface area contributed by atoms with Crippen molar-refractivity contribution in [1.82, 2.24) is 0 Å². The number of rotatable bonds is 3. The average Bonchev–Trinajstić information content (AvgIpc) is 3.25. The molecule has 12 rings (SSSR count). The second-order valence-electron chi connectivity index (χ2n) is 14.9. The molecule has 0 aliphatic carbocycles. The third-order valence-electron chi connectivity index (χ3n) is 11.9. The molecule has 2 nitrogen and oxygen atoms in total. The molecule has 0 atom stereocenters. The summed E-state index contributed by atoms with van der Waals surface area (Å²) in [6.45, 7) is 0.0228. The lowest BCUT2D eigenvalue weighted by atomic mass is 9.33. The minimum absolute atomic E-state index is 0.0228. The van der Waals surface area contributed by atoms with E-state index in [1.54, 1.807) is 0 Å². The number of benzene rings is 10. The van der Waals surface area contributed by atoms with Gasteiger partial charge in [0.05, 0.1) is 0 Å². The van der Waals surface area contributed by atoms with E-state index < -0.39 is 0 Å². The molecule has 0 radical (unpaired) electrons. The van der Waals surface area contributed by atoms with E-state index in [0.717, 1.165) is 11.4 Å². The van der Waals surface area contributed by atoms with Gasteiger partial charge in [0.15, 0.2) is 0 Å². The van der Waals surface area contributed by atoms with Gasteiger partial charge in [0.1, 0.15) is 0 Å². The van der Waals surface area contributed by atoms with Crippen LogP contribution in [-0.2, 0) is 0 Å². The molecule has 2 aliphatic rings. The van der Waals surface area contributed by atoms with Crippen LogP contribution in [-0.4, -0.2) is 6.71 Å². The Kier molecular flexibility index (Phi) is 6.46. The Morgan fingerprint density at radius 1 is 0.327 bits per heavy atom. The van der Waals surface area contributed by atoms with Gasteiger partial charge in [-0.05, 0) is 108 Å². The van der Waals surface area contributed by atoms with E-state index in [2.05, 4.69) is 210 Å². The Labute approximate surface area is 320 Å². The molecule has 55 heavy (non-hydrogen) atoms. The molecule has 0 saturated heterocycles. The normalized spacial score (nSPS) is 13.0. The first-order valence-electron chi connectivity index (χ1n) is 19.1. The summed E-state index contributed by atoms with van der Waals surface area (Å²) in [5.74, 6) is 0. The highest BCUT2D eigenvalue weighted by Gasteiger charge is 2.44. The summed E-state index contributed by atoms with van der Waals surface area (Å²) in [7, 11) is 0. The summed E-state index contributed by atoms with van der Waals surface area (Å²) in [6, 6.07) is 74.3. The summed E-state index contributed by atoms with van der Waals surface area (Å²) < 4.78 is 0. The molecule has 0 N–H and O–H groups in total. The molecular formula is C52H33BN2. The standard InChI is InChI=1S/C52H33BN2/c1-3-19-40(20-4-1)54-48-32-39(42-25-13-18-38-30-36-16-7-8-17-37(36)31-45(38)42)33-49-50(48)53(46-28-26-34-14-9-11-23-43(34)51(46)54)47-29-27-35-15-10-12-24-44(35)52(47)55(49)41-21-5-2-6-22-41/h1-33H. The molecule has 2 heterocycles. The van der Waals surface area contributed by atoms with Crippen molar-refractivity contribution in [2.75, 3.05) is 9.80 Å². The van der Waals surface area contributed by atoms with Crippen LogP contribution in [0.25, 0.3) is 54.2 Å². The number of hydrogen-bond acceptors (Lipinski definition) is 2. The zero-order valence-corrected chi connectivity index (χ0v) is 30.0. The number of anilines is 6. The topological polar surface area (TPSA) is 6.48 Å². The number of fused-ring (bicyclic) bond motifs is 10. The van der Waals surface area contributed by atoms with Crippen molar-refractivity contribution >= 4 is 100 Å². The third-order valence-corrected chi connectivity index (χ3v) is 11.9. The highest BCUT2D eigenvalue weighted by Crippen LogP contribution is 2.49. The molecule has 0 bridgehead atoms. The van der Waals surface area contributed by atoms with Gasteiger partial charge >= 0.3 is 0 Å². The molecule has 2 aliphatic heterocycles. The van der Waals surface area contributed by atoms with Crippen LogP contribution in [0.15, 0.2) is 200 Å². The average molecular weight is 697 g/mol. The van der Waals surface area contributed by atoms with Crippen molar-refractivity contribution < 1.29 is 0 Å². The predicted molar refractivity (Wildman–Crippen MR) is 236 cm³/mol. The number of hydrogen-bond donors (Lipinski definition) is 0. The second-order valence-corrected chi connectivity index (χ2v) is 14.9. The van der Waals surface area contributed by atoms with Crippen LogP contribution in [0.3, 0.4) is 0 Å². The second kappa shape index (κ2) is 11.7. The first kappa shape index (κ1) is 30.4. The smallest absolute Gasteiger partial charge is 0.252 e. The summed E-state index contributed by atoms with van der Waals surface area (Å²) in [5, 5.41) is 10.00. The maximum Gasteiger partial charge on any atom is 0.252 e. The maximum absolute atomic E-state index is 2.55. The van der Waals surface area contributed by atoms with E-state index in [4.69, 9.17) is 0 Å². The van der Waals surface area contributed by atoms with Crippen LogP contribution < -0.4 is 26.2 Å². The molecule has 0 saturated carbocycles. The quantitative estimate of drug-likeness (QED) is 0.134. The van der Waals surface area contributed by atoms with E-state index in [9.17, 15) is 0 Å².